The summed E-state index contributed by atoms with van der Waals surface area (Å²) in [6.07, 6.45) is -1.04. The van der Waals surface area contributed by atoms with Crippen LogP contribution in [0.3, 0.4) is 0 Å². The molecule has 0 radical (unpaired) electrons. The molecule has 0 aliphatic heterocycles. The molecule has 4 nitrogen and oxygen atoms in total. The van der Waals surface area contributed by atoms with Crippen LogP contribution in [-0.2, 0) is 14.3 Å². The maximum absolute atomic E-state index is 10.5. The zero-order valence-corrected chi connectivity index (χ0v) is 6.34. The highest BCUT2D eigenvalue weighted by molar-refractivity contribution is 6.30. The average molecular weight is 167 g/mol. The van der Waals surface area contributed by atoms with Gasteiger partial charge in [0.05, 0.1) is 7.11 Å². The monoisotopic (exact) mass is 166 g/mol. The first kappa shape index (κ1) is 9.23. The van der Waals surface area contributed by atoms with E-state index in [2.05, 4.69) is 9.47 Å². The summed E-state index contributed by atoms with van der Waals surface area (Å²) in [5, 5.41) is -0.834. The zero-order valence-electron chi connectivity index (χ0n) is 5.59. The van der Waals surface area contributed by atoms with Crippen molar-refractivity contribution in [3.05, 3.63) is 0 Å². The van der Waals surface area contributed by atoms with E-state index in [1.165, 1.54) is 6.92 Å². The van der Waals surface area contributed by atoms with Crippen LogP contribution in [0.4, 0.5) is 4.79 Å². The molecule has 0 aliphatic carbocycles. The second-order valence-corrected chi connectivity index (χ2v) is 2.15. The maximum atomic E-state index is 10.5. The minimum absolute atomic E-state index is 0.812. The molecule has 10 heavy (non-hydrogen) atoms. The average Bonchev–Trinajstić information content (AvgIpc) is 1.87. The van der Waals surface area contributed by atoms with Gasteiger partial charge in [-0.05, 0) is 6.92 Å². The Morgan fingerprint density at radius 3 is 2.30 bits per heavy atom. The van der Waals surface area contributed by atoms with Gasteiger partial charge in [0.1, 0.15) is 5.38 Å². The van der Waals surface area contributed by atoms with Crippen LogP contribution < -0.4 is 0 Å². The first-order chi connectivity index (χ1) is 4.57. The summed E-state index contributed by atoms with van der Waals surface area (Å²) in [5.74, 6) is -0.812. The van der Waals surface area contributed by atoms with Gasteiger partial charge in [0, 0.05) is 0 Å². The van der Waals surface area contributed by atoms with Crippen molar-refractivity contribution in [2.24, 2.45) is 0 Å². The molecule has 58 valence electrons. The van der Waals surface area contributed by atoms with Crippen molar-refractivity contribution >= 4 is 23.7 Å². The summed E-state index contributed by atoms with van der Waals surface area (Å²) in [4.78, 5) is 20.7. The molecule has 0 aromatic rings. The minimum atomic E-state index is -1.04. The molecule has 0 saturated carbocycles. The molecule has 0 amide bonds. The largest absolute Gasteiger partial charge is 0.515 e. The third-order valence-corrected chi connectivity index (χ3v) is 0.854. The number of carbonyl (C=O) groups is 2. The second kappa shape index (κ2) is 4.11. The van der Waals surface area contributed by atoms with Crippen LogP contribution in [0.25, 0.3) is 0 Å². The number of hydrogen-bond donors (Lipinski definition) is 0. The Bertz CT molecular complexity index is 143. The Morgan fingerprint density at radius 1 is 1.50 bits per heavy atom. The molecule has 0 rings (SSSR count). The van der Waals surface area contributed by atoms with E-state index >= 15 is 0 Å². The zero-order chi connectivity index (χ0) is 8.15. The first-order valence-corrected chi connectivity index (χ1v) is 2.95. The SMILES string of the molecule is COC(=O)OC(=O)C(C)Cl. The third kappa shape index (κ3) is 3.29. The summed E-state index contributed by atoms with van der Waals surface area (Å²) in [5.41, 5.74) is 0. The highest BCUT2D eigenvalue weighted by Gasteiger charge is 2.15. The summed E-state index contributed by atoms with van der Waals surface area (Å²) >= 11 is 5.25. The first-order valence-electron chi connectivity index (χ1n) is 2.51. The van der Waals surface area contributed by atoms with Gasteiger partial charge in [0.15, 0.2) is 0 Å². The fourth-order valence-corrected chi connectivity index (χ4v) is 0.250. The molecule has 0 aliphatic rings. The van der Waals surface area contributed by atoms with Gasteiger partial charge in [-0.2, -0.15) is 0 Å². The Kier molecular flexibility index (Phi) is 3.79. The van der Waals surface area contributed by atoms with Gasteiger partial charge in [-0.3, -0.25) is 0 Å². The van der Waals surface area contributed by atoms with Crippen molar-refractivity contribution in [2.45, 2.75) is 12.3 Å². The van der Waals surface area contributed by atoms with Gasteiger partial charge >= 0.3 is 12.1 Å². The molecule has 0 aromatic heterocycles. The van der Waals surface area contributed by atoms with Gasteiger partial charge in [-0.25, -0.2) is 9.59 Å². The summed E-state index contributed by atoms with van der Waals surface area (Å²) < 4.78 is 8.06. The smallest absolute Gasteiger partial charge is 0.437 e. The lowest BCUT2D eigenvalue weighted by atomic mass is 10.5. The van der Waals surface area contributed by atoms with Gasteiger partial charge in [-0.15, -0.1) is 11.6 Å². The number of alkyl halides is 1. The van der Waals surface area contributed by atoms with Crippen molar-refractivity contribution in [3.8, 4) is 0 Å². The number of halogens is 1. The van der Waals surface area contributed by atoms with Gasteiger partial charge in [-0.1, -0.05) is 0 Å². The molecule has 1 unspecified atom stereocenters. The predicted octanol–water partition coefficient (Wildman–Crippen LogP) is 0.923. The van der Waals surface area contributed by atoms with Crippen LogP contribution in [0.2, 0.25) is 0 Å². The standard InChI is InChI=1S/C5H7ClO4/c1-3(6)4(7)10-5(8)9-2/h3H,1-2H3. The van der Waals surface area contributed by atoms with Crippen LogP contribution in [0.15, 0.2) is 0 Å². The second-order valence-electron chi connectivity index (χ2n) is 1.49. The fraction of sp³-hybridized carbons (Fsp3) is 0.600. The number of hydrogen-bond acceptors (Lipinski definition) is 4. The Labute approximate surface area is 63.1 Å². The molecule has 0 bridgehead atoms. The molecular formula is C5H7ClO4. The van der Waals surface area contributed by atoms with E-state index in [0.717, 1.165) is 7.11 Å². The number of esters is 1. The lowest BCUT2D eigenvalue weighted by Gasteiger charge is -2.00. The maximum Gasteiger partial charge on any atom is 0.515 e. The quantitative estimate of drug-likeness (QED) is 0.330. The van der Waals surface area contributed by atoms with Gasteiger partial charge in [0.25, 0.3) is 0 Å². The lowest BCUT2D eigenvalue weighted by Crippen LogP contribution is -2.18. The third-order valence-electron chi connectivity index (χ3n) is 0.675. The number of methoxy groups -OCH3 is 1. The normalized spacial score (nSPS) is 11.9. The Morgan fingerprint density at radius 2 is 2.00 bits per heavy atom. The van der Waals surface area contributed by atoms with Crippen LogP contribution in [0, 0.1) is 0 Å². The summed E-state index contributed by atoms with van der Waals surface area (Å²) in [6.45, 7) is 1.40. The number of carbonyl (C=O) groups excluding carboxylic acids is 2. The molecule has 0 aromatic carbocycles. The molecule has 5 heteroatoms. The molecular weight excluding hydrogens is 160 g/mol. The summed E-state index contributed by atoms with van der Waals surface area (Å²) in [7, 11) is 1.11. The van der Waals surface area contributed by atoms with E-state index in [4.69, 9.17) is 11.6 Å². The number of ether oxygens (including phenoxy) is 2. The molecule has 0 spiro atoms. The van der Waals surface area contributed by atoms with Crippen molar-refractivity contribution in [1.82, 2.24) is 0 Å². The van der Waals surface area contributed by atoms with Crippen molar-refractivity contribution in [3.63, 3.8) is 0 Å². The molecule has 0 heterocycles. The van der Waals surface area contributed by atoms with E-state index in [9.17, 15) is 9.59 Å². The Hall–Kier alpha value is -0.770. The van der Waals surface area contributed by atoms with Crippen molar-refractivity contribution in [1.29, 1.82) is 0 Å². The molecule has 0 fully saturated rings. The predicted molar refractivity (Wildman–Crippen MR) is 33.8 cm³/mol. The van der Waals surface area contributed by atoms with E-state index < -0.39 is 17.5 Å². The molecule has 1 atom stereocenters. The van der Waals surface area contributed by atoms with Crippen LogP contribution in [0.5, 0.6) is 0 Å². The van der Waals surface area contributed by atoms with E-state index in [1.807, 2.05) is 0 Å². The minimum Gasteiger partial charge on any atom is -0.437 e. The highest BCUT2D eigenvalue weighted by atomic mass is 35.5. The molecule has 0 N–H and O–H groups in total. The highest BCUT2D eigenvalue weighted by Crippen LogP contribution is 1.97. The summed E-state index contributed by atoms with van der Waals surface area (Å²) in [6, 6.07) is 0. The van der Waals surface area contributed by atoms with Gasteiger partial charge in [0.2, 0.25) is 0 Å². The van der Waals surface area contributed by atoms with Crippen LogP contribution in [-0.4, -0.2) is 24.6 Å². The van der Waals surface area contributed by atoms with E-state index in [0.29, 0.717) is 0 Å². The Balaban J connectivity index is 3.69. The fourth-order valence-electron chi connectivity index (χ4n) is 0.205. The van der Waals surface area contributed by atoms with Crippen LogP contribution >= 0.6 is 11.6 Å². The molecule has 0 saturated heterocycles. The topological polar surface area (TPSA) is 52.6 Å². The van der Waals surface area contributed by atoms with Crippen molar-refractivity contribution < 1.29 is 19.1 Å². The van der Waals surface area contributed by atoms with Gasteiger partial charge < -0.3 is 9.47 Å². The van der Waals surface area contributed by atoms with E-state index in [-0.39, 0.29) is 0 Å². The van der Waals surface area contributed by atoms with Crippen LogP contribution in [0.1, 0.15) is 6.92 Å². The number of rotatable bonds is 1. The van der Waals surface area contributed by atoms with Crippen molar-refractivity contribution in [2.75, 3.05) is 7.11 Å². The van der Waals surface area contributed by atoms with E-state index in [1.54, 1.807) is 0 Å². The lowest BCUT2D eigenvalue weighted by molar-refractivity contribution is -0.138.